The Kier molecular flexibility index (Phi) is 4.75. The number of alkyl halides is 3. The molecule has 3 aromatic rings. The minimum atomic E-state index is -4.59. The predicted octanol–water partition coefficient (Wildman–Crippen LogP) is 3.78. The fourth-order valence-corrected chi connectivity index (χ4v) is 2.54. The zero-order valence-electron chi connectivity index (χ0n) is 13.7. The van der Waals surface area contributed by atoms with Gasteiger partial charge in [0, 0.05) is 0 Å². The van der Waals surface area contributed by atoms with Crippen LogP contribution in [0.5, 0.6) is 0 Å². The third-order valence-electron chi connectivity index (χ3n) is 3.90. The lowest BCUT2D eigenvalue weighted by Gasteiger charge is -2.17. The van der Waals surface area contributed by atoms with Crippen molar-refractivity contribution in [2.24, 2.45) is 0 Å². The number of aromatic nitrogens is 3. The number of benzene rings is 2. The summed E-state index contributed by atoms with van der Waals surface area (Å²) in [6.45, 7) is 1.71. The number of carbonyl (C=O) groups is 1. The molecule has 0 fully saturated rings. The number of rotatable bonds is 4. The topological polar surface area (TPSA) is 59.8 Å². The molecule has 5 nitrogen and oxygen atoms in total. The summed E-state index contributed by atoms with van der Waals surface area (Å²) in [7, 11) is 0. The lowest BCUT2D eigenvalue weighted by Crippen LogP contribution is -2.28. The van der Waals surface area contributed by atoms with Crippen LogP contribution in [0.1, 0.15) is 34.5 Å². The van der Waals surface area contributed by atoms with Crippen LogP contribution >= 0.6 is 0 Å². The van der Waals surface area contributed by atoms with Crippen LogP contribution < -0.4 is 5.32 Å². The second kappa shape index (κ2) is 6.99. The molecule has 1 N–H and O–H groups in total. The van der Waals surface area contributed by atoms with E-state index in [0.717, 1.165) is 17.3 Å². The minimum Gasteiger partial charge on any atom is -0.346 e. The molecule has 3 rings (SSSR count). The smallest absolute Gasteiger partial charge is 0.346 e. The van der Waals surface area contributed by atoms with Crippen molar-refractivity contribution in [2.45, 2.75) is 19.1 Å². The molecule has 0 saturated heterocycles. The van der Waals surface area contributed by atoms with Gasteiger partial charge in [-0.25, -0.2) is 9.67 Å². The number of nitrogens with zero attached hydrogens (tertiary/aromatic N) is 3. The average Bonchev–Trinajstić information content (AvgIpc) is 3.15. The molecule has 8 heteroatoms. The molecule has 0 bridgehead atoms. The van der Waals surface area contributed by atoms with Crippen LogP contribution in [-0.4, -0.2) is 20.7 Å². The van der Waals surface area contributed by atoms with Gasteiger partial charge in [0.15, 0.2) is 0 Å². The minimum absolute atomic E-state index is 0.397. The van der Waals surface area contributed by atoms with Crippen molar-refractivity contribution in [2.75, 3.05) is 0 Å². The van der Waals surface area contributed by atoms with Crippen molar-refractivity contribution in [1.82, 2.24) is 20.1 Å². The Hall–Kier alpha value is -3.16. The van der Waals surface area contributed by atoms with E-state index in [2.05, 4.69) is 15.4 Å². The van der Waals surface area contributed by atoms with E-state index in [0.29, 0.717) is 0 Å². The van der Waals surface area contributed by atoms with Gasteiger partial charge < -0.3 is 5.32 Å². The Morgan fingerprint density at radius 2 is 1.81 bits per heavy atom. The van der Waals surface area contributed by atoms with E-state index in [1.165, 1.54) is 24.5 Å². The van der Waals surface area contributed by atoms with E-state index < -0.39 is 29.3 Å². The van der Waals surface area contributed by atoms with Gasteiger partial charge >= 0.3 is 6.18 Å². The van der Waals surface area contributed by atoms with Crippen LogP contribution in [0.2, 0.25) is 0 Å². The summed E-state index contributed by atoms with van der Waals surface area (Å²) in [5.41, 5.74) is 0.191. The van der Waals surface area contributed by atoms with Gasteiger partial charge in [-0.2, -0.15) is 18.3 Å². The molecule has 0 radical (unpaired) electrons. The first-order chi connectivity index (χ1) is 12.4. The molecule has 134 valence electrons. The highest BCUT2D eigenvalue weighted by Gasteiger charge is 2.35. The first-order valence-electron chi connectivity index (χ1n) is 7.78. The first-order valence-corrected chi connectivity index (χ1v) is 7.78. The van der Waals surface area contributed by atoms with Crippen molar-refractivity contribution >= 4 is 5.91 Å². The molecule has 0 saturated carbocycles. The highest BCUT2D eigenvalue weighted by Crippen LogP contribution is 2.32. The third kappa shape index (κ3) is 3.74. The lowest BCUT2D eigenvalue weighted by molar-refractivity contribution is -0.137. The summed E-state index contributed by atoms with van der Waals surface area (Å²) >= 11 is 0. The molecule has 1 heterocycles. The fourth-order valence-electron chi connectivity index (χ4n) is 2.54. The van der Waals surface area contributed by atoms with Crippen molar-refractivity contribution in [3.63, 3.8) is 0 Å². The molecule has 0 aliphatic rings. The third-order valence-corrected chi connectivity index (χ3v) is 3.90. The molecule has 0 spiro atoms. The Labute approximate surface area is 147 Å². The number of amides is 1. The van der Waals surface area contributed by atoms with E-state index in [9.17, 15) is 18.0 Å². The summed E-state index contributed by atoms with van der Waals surface area (Å²) in [6, 6.07) is 11.4. The van der Waals surface area contributed by atoms with Gasteiger partial charge in [0.25, 0.3) is 5.91 Å². The average molecular weight is 360 g/mol. The first kappa shape index (κ1) is 17.7. The van der Waals surface area contributed by atoms with Gasteiger partial charge in [-0.3, -0.25) is 4.79 Å². The molecular formula is C18H15F3N4O. The predicted molar refractivity (Wildman–Crippen MR) is 88.7 cm³/mol. The van der Waals surface area contributed by atoms with Crippen LogP contribution in [0.25, 0.3) is 5.69 Å². The Balaban J connectivity index is 1.76. The Morgan fingerprint density at radius 3 is 2.42 bits per heavy atom. The van der Waals surface area contributed by atoms with Gasteiger partial charge in [0.1, 0.15) is 12.7 Å². The number of carbonyl (C=O) groups excluding carboxylic acids is 1. The normalized spacial score (nSPS) is 12.6. The number of hydrogen-bond donors (Lipinski definition) is 1. The van der Waals surface area contributed by atoms with Crippen molar-refractivity contribution in [3.05, 3.63) is 77.9 Å². The van der Waals surface area contributed by atoms with Crippen LogP contribution in [0.15, 0.2) is 61.2 Å². The second-order valence-electron chi connectivity index (χ2n) is 5.67. The zero-order valence-corrected chi connectivity index (χ0v) is 13.7. The molecule has 0 aliphatic carbocycles. The molecule has 0 aliphatic heterocycles. The summed E-state index contributed by atoms with van der Waals surface area (Å²) in [5, 5.41) is 6.62. The van der Waals surface area contributed by atoms with Crippen LogP contribution in [0.4, 0.5) is 13.2 Å². The molecule has 1 amide bonds. The van der Waals surface area contributed by atoms with E-state index >= 15 is 0 Å². The summed E-state index contributed by atoms with van der Waals surface area (Å²) in [4.78, 5) is 16.2. The highest BCUT2D eigenvalue weighted by molar-refractivity contribution is 5.96. The summed E-state index contributed by atoms with van der Waals surface area (Å²) in [6.07, 6.45) is -1.63. The number of halogens is 3. The van der Waals surface area contributed by atoms with Gasteiger partial charge in [-0.15, -0.1) is 0 Å². The van der Waals surface area contributed by atoms with E-state index in [1.807, 2.05) is 0 Å². The maximum absolute atomic E-state index is 13.1. The quantitative estimate of drug-likeness (QED) is 0.770. The maximum atomic E-state index is 13.1. The maximum Gasteiger partial charge on any atom is 0.417 e. The lowest BCUT2D eigenvalue weighted by atomic mass is 10.0. The van der Waals surface area contributed by atoms with Crippen LogP contribution in [0, 0.1) is 0 Å². The second-order valence-corrected chi connectivity index (χ2v) is 5.67. The largest absolute Gasteiger partial charge is 0.417 e. The highest BCUT2D eigenvalue weighted by atomic mass is 19.4. The van der Waals surface area contributed by atoms with Gasteiger partial charge in [-0.1, -0.05) is 24.3 Å². The molecule has 1 aromatic heterocycles. The molecule has 1 atom stereocenters. The molecular weight excluding hydrogens is 345 g/mol. The van der Waals surface area contributed by atoms with Gasteiger partial charge in [-0.05, 0) is 36.8 Å². The SMILES string of the molecule is CC(NC(=O)c1ccccc1C(F)(F)F)c1ccc(-n2cncn2)cc1. The van der Waals surface area contributed by atoms with Crippen molar-refractivity contribution < 1.29 is 18.0 Å². The van der Waals surface area contributed by atoms with Crippen LogP contribution in [-0.2, 0) is 6.18 Å². The van der Waals surface area contributed by atoms with Crippen molar-refractivity contribution in [3.8, 4) is 5.69 Å². The van der Waals surface area contributed by atoms with E-state index in [-0.39, 0.29) is 0 Å². The Bertz CT molecular complexity index is 890. The number of hydrogen-bond acceptors (Lipinski definition) is 3. The van der Waals surface area contributed by atoms with E-state index in [4.69, 9.17) is 0 Å². The Morgan fingerprint density at radius 1 is 1.12 bits per heavy atom. The molecule has 26 heavy (non-hydrogen) atoms. The monoisotopic (exact) mass is 360 g/mol. The van der Waals surface area contributed by atoms with Crippen molar-refractivity contribution in [1.29, 1.82) is 0 Å². The fraction of sp³-hybridized carbons (Fsp3) is 0.167. The number of nitrogens with one attached hydrogen (secondary N) is 1. The summed E-state index contributed by atoms with van der Waals surface area (Å²) < 4.78 is 40.7. The summed E-state index contributed by atoms with van der Waals surface area (Å²) in [5.74, 6) is -0.772. The zero-order chi connectivity index (χ0) is 18.7. The van der Waals surface area contributed by atoms with Crippen LogP contribution in [0.3, 0.4) is 0 Å². The molecule has 2 aromatic carbocycles. The van der Waals surface area contributed by atoms with Gasteiger partial charge in [0.05, 0.1) is 22.9 Å². The van der Waals surface area contributed by atoms with E-state index in [1.54, 1.807) is 42.2 Å². The van der Waals surface area contributed by atoms with Gasteiger partial charge in [0.2, 0.25) is 0 Å². The standard InChI is InChI=1S/C18H15F3N4O/c1-12(13-6-8-14(9-7-13)25-11-22-10-23-25)24-17(26)15-4-2-3-5-16(15)18(19,20)21/h2-12H,1H3,(H,24,26). The molecule has 1 unspecified atom stereocenters.